The number of hydrogen-bond acceptors (Lipinski definition) is 4. The molecule has 0 bridgehead atoms. The average molecular weight is 430 g/mol. The van der Waals surface area contributed by atoms with E-state index in [1.54, 1.807) is 10.6 Å². The lowest BCUT2D eigenvalue weighted by molar-refractivity contribution is -0.113. The van der Waals surface area contributed by atoms with Gasteiger partial charge in [-0.15, -0.1) is 0 Å². The maximum atomic E-state index is 13.2. The van der Waals surface area contributed by atoms with E-state index in [2.05, 4.69) is 5.32 Å². The van der Waals surface area contributed by atoms with Crippen LogP contribution in [0.1, 0.15) is 16.7 Å². The van der Waals surface area contributed by atoms with Crippen LogP contribution < -0.4 is 10.9 Å². The Morgan fingerprint density at radius 3 is 2.45 bits per heavy atom. The van der Waals surface area contributed by atoms with Crippen LogP contribution >= 0.6 is 11.8 Å². The predicted molar refractivity (Wildman–Crippen MR) is 127 cm³/mol. The minimum atomic E-state index is -0.136. The molecule has 4 rings (SSSR count). The van der Waals surface area contributed by atoms with Gasteiger partial charge in [-0.05, 0) is 43.2 Å². The lowest BCUT2D eigenvalue weighted by Gasteiger charge is -2.14. The second-order valence-corrected chi connectivity index (χ2v) is 8.38. The Balaban J connectivity index is 1.62. The number of thioether (sulfide) groups is 1. The number of para-hydroxylation sites is 2. The Kier molecular flexibility index (Phi) is 6.18. The van der Waals surface area contributed by atoms with Gasteiger partial charge in [-0.2, -0.15) is 0 Å². The molecule has 1 heterocycles. The van der Waals surface area contributed by atoms with Crippen molar-refractivity contribution in [2.24, 2.45) is 0 Å². The van der Waals surface area contributed by atoms with Gasteiger partial charge in [-0.1, -0.05) is 71.9 Å². The standard InChI is InChI=1S/C25H23N3O2S/c1-17-11-13-19(14-12-17)15-28-24(30)20-8-4-6-10-22(20)27-25(28)31-16-23(29)26-21-9-5-3-7-18(21)2/h3-14H,15-16H2,1-2H3,(H,26,29). The first-order chi connectivity index (χ1) is 15.0. The van der Waals surface area contributed by atoms with E-state index in [0.717, 1.165) is 22.4 Å². The van der Waals surface area contributed by atoms with E-state index in [0.29, 0.717) is 22.6 Å². The van der Waals surface area contributed by atoms with Crippen LogP contribution in [0.25, 0.3) is 10.9 Å². The van der Waals surface area contributed by atoms with E-state index in [4.69, 9.17) is 4.98 Å². The Hall–Kier alpha value is -3.38. The minimum absolute atomic E-state index is 0.104. The molecule has 156 valence electrons. The number of aryl methyl sites for hydroxylation is 2. The predicted octanol–water partition coefficient (Wildman–Crippen LogP) is 4.79. The molecule has 0 atom stereocenters. The van der Waals surface area contributed by atoms with Gasteiger partial charge in [-0.3, -0.25) is 14.2 Å². The molecule has 0 spiro atoms. The van der Waals surface area contributed by atoms with E-state index < -0.39 is 0 Å². The molecule has 5 nitrogen and oxygen atoms in total. The second-order valence-electron chi connectivity index (χ2n) is 7.44. The number of benzene rings is 3. The number of amides is 1. The van der Waals surface area contributed by atoms with Crippen molar-refractivity contribution in [1.82, 2.24) is 9.55 Å². The molecular formula is C25H23N3O2S. The SMILES string of the molecule is Cc1ccc(Cn2c(SCC(=O)Nc3ccccc3C)nc3ccccc3c2=O)cc1. The van der Waals surface area contributed by atoms with Crippen LogP contribution in [0.15, 0.2) is 82.7 Å². The fourth-order valence-corrected chi connectivity index (χ4v) is 4.10. The van der Waals surface area contributed by atoms with Gasteiger partial charge >= 0.3 is 0 Å². The van der Waals surface area contributed by atoms with Crippen LogP contribution in [-0.4, -0.2) is 21.2 Å². The molecule has 0 aliphatic heterocycles. The summed E-state index contributed by atoms with van der Waals surface area (Å²) in [7, 11) is 0. The molecule has 6 heteroatoms. The highest BCUT2D eigenvalue weighted by Crippen LogP contribution is 2.20. The molecule has 1 aromatic heterocycles. The summed E-state index contributed by atoms with van der Waals surface area (Å²) in [5, 5.41) is 4.04. The quantitative estimate of drug-likeness (QED) is 0.353. The molecule has 0 unspecified atom stereocenters. The van der Waals surface area contributed by atoms with E-state index in [-0.39, 0.29) is 17.2 Å². The van der Waals surface area contributed by atoms with Crippen molar-refractivity contribution < 1.29 is 4.79 Å². The maximum Gasteiger partial charge on any atom is 0.262 e. The van der Waals surface area contributed by atoms with Gasteiger partial charge in [0.05, 0.1) is 23.2 Å². The zero-order chi connectivity index (χ0) is 21.8. The fraction of sp³-hybridized carbons (Fsp3) is 0.160. The average Bonchev–Trinajstić information content (AvgIpc) is 2.77. The van der Waals surface area contributed by atoms with Gasteiger partial charge in [0.15, 0.2) is 5.16 Å². The van der Waals surface area contributed by atoms with E-state index in [1.807, 2.05) is 80.6 Å². The third kappa shape index (κ3) is 4.86. The fourth-order valence-electron chi connectivity index (χ4n) is 3.30. The highest BCUT2D eigenvalue weighted by molar-refractivity contribution is 7.99. The first kappa shape index (κ1) is 20.9. The number of carbonyl (C=O) groups excluding carboxylic acids is 1. The van der Waals surface area contributed by atoms with Crippen LogP contribution in [0.3, 0.4) is 0 Å². The van der Waals surface area contributed by atoms with Crippen molar-refractivity contribution in [3.8, 4) is 0 Å². The number of hydrogen-bond donors (Lipinski definition) is 1. The summed E-state index contributed by atoms with van der Waals surface area (Å²) in [5.74, 6) is 0.0242. The second kappa shape index (κ2) is 9.18. The Bertz CT molecular complexity index is 1300. The van der Waals surface area contributed by atoms with Crippen molar-refractivity contribution in [2.75, 3.05) is 11.1 Å². The van der Waals surface area contributed by atoms with Gasteiger partial charge in [0.1, 0.15) is 0 Å². The van der Waals surface area contributed by atoms with Crippen LogP contribution in [-0.2, 0) is 11.3 Å². The number of fused-ring (bicyclic) bond motifs is 1. The Morgan fingerprint density at radius 2 is 1.68 bits per heavy atom. The summed E-state index contributed by atoms with van der Waals surface area (Å²) in [5.41, 5.74) is 4.49. The highest BCUT2D eigenvalue weighted by atomic mass is 32.2. The molecule has 3 aromatic carbocycles. The topological polar surface area (TPSA) is 64.0 Å². The molecule has 0 aliphatic rings. The molecule has 0 saturated heterocycles. The molecular weight excluding hydrogens is 406 g/mol. The van der Waals surface area contributed by atoms with Crippen molar-refractivity contribution in [1.29, 1.82) is 0 Å². The number of nitrogens with one attached hydrogen (secondary N) is 1. The van der Waals surface area contributed by atoms with Gasteiger partial charge in [0.25, 0.3) is 5.56 Å². The molecule has 31 heavy (non-hydrogen) atoms. The van der Waals surface area contributed by atoms with Crippen molar-refractivity contribution in [3.63, 3.8) is 0 Å². The maximum absolute atomic E-state index is 13.2. The first-order valence-electron chi connectivity index (χ1n) is 10.0. The number of anilines is 1. The van der Waals surface area contributed by atoms with Crippen molar-refractivity contribution >= 4 is 34.3 Å². The lowest BCUT2D eigenvalue weighted by atomic mass is 10.1. The van der Waals surface area contributed by atoms with E-state index in [9.17, 15) is 9.59 Å². The van der Waals surface area contributed by atoms with Crippen LogP contribution in [0, 0.1) is 13.8 Å². The van der Waals surface area contributed by atoms with Crippen LogP contribution in [0.4, 0.5) is 5.69 Å². The summed E-state index contributed by atoms with van der Waals surface area (Å²) in [6.07, 6.45) is 0. The number of rotatable bonds is 6. The molecule has 0 aliphatic carbocycles. The first-order valence-corrected chi connectivity index (χ1v) is 11.0. The zero-order valence-corrected chi connectivity index (χ0v) is 18.3. The Labute approximate surface area is 185 Å². The molecule has 0 saturated carbocycles. The molecule has 0 fully saturated rings. The van der Waals surface area contributed by atoms with Gasteiger partial charge in [0.2, 0.25) is 5.91 Å². The highest BCUT2D eigenvalue weighted by Gasteiger charge is 2.14. The van der Waals surface area contributed by atoms with Gasteiger partial charge in [0, 0.05) is 5.69 Å². The molecule has 4 aromatic rings. The largest absolute Gasteiger partial charge is 0.325 e. The number of nitrogens with zero attached hydrogens (tertiary/aromatic N) is 2. The third-order valence-electron chi connectivity index (χ3n) is 5.04. The zero-order valence-electron chi connectivity index (χ0n) is 17.5. The molecule has 1 N–H and O–H groups in total. The smallest absolute Gasteiger partial charge is 0.262 e. The number of carbonyl (C=O) groups is 1. The third-order valence-corrected chi connectivity index (χ3v) is 6.02. The van der Waals surface area contributed by atoms with Crippen molar-refractivity contribution in [2.45, 2.75) is 25.5 Å². The van der Waals surface area contributed by atoms with Crippen LogP contribution in [0.5, 0.6) is 0 Å². The summed E-state index contributed by atoms with van der Waals surface area (Å²) < 4.78 is 1.65. The van der Waals surface area contributed by atoms with Gasteiger partial charge in [-0.25, -0.2) is 4.98 Å². The summed E-state index contributed by atoms with van der Waals surface area (Å²) in [4.78, 5) is 30.4. The van der Waals surface area contributed by atoms with Crippen LogP contribution in [0.2, 0.25) is 0 Å². The molecule has 0 radical (unpaired) electrons. The van der Waals surface area contributed by atoms with Crippen molar-refractivity contribution in [3.05, 3.63) is 99.8 Å². The Morgan fingerprint density at radius 1 is 0.968 bits per heavy atom. The number of aromatic nitrogens is 2. The monoisotopic (exact) mass is 429 g/mol. The summed E-state index contributed by atoms with van der Waals surface area (Å²) >= 11 is 1.27. The van der Waals surface area contributed by atoms with Gasteiger partial charge < -0.3 is 5.32 Å². The molecule has 1 amide bonds. The summed E-state index contributed by atoms with van der Waals surface area (Å²) in [6, 6.07) is 23.0. The summed E-state index contributed by atoms with van der Waals surface area (Å²) in [6.45, 7) is 4.38. The lowest BCUT2D eigenvalue weighted by Crippen LogP contribution is -2.25. The van der Waals surface area contributed by atoms with E-state index >= 15 is 0 Å². The minimum Gasteiger partial charge on any atom is -0.325 e. The normalized spacial score (nSPS) is 10.9. The van der Waals surface area contributed by atoms with E-state index in [1.165, 1.54) is 11.8 Å².